The van der Waals surface area contributed by atoms with Crippen molar-refractivity contribution in [2.75, 3.05) is 0 Å². The number of unbranched alkanes of at least 4 members (excludes halogenated alkanes) is 1. The Morgan fingerprint density at radius 3 is 2.59 bits per heavy atom. The van der Waals surface area contributed by atoms with Crippen molar-refractivity contribution >= 4 is 0 Å². The molecule has 0 radical (unpaired) electrons. The fraction of sp³-hybridized carbons (Fsp3) is 0.357. The van der Waals surface area contributed by atoms with Crippen LogP contribution in [0.3, 0.4) is 0 Å². The zero-order chi connectivity index (χ0) is 12.3. The van der Waals surface area contributed by atoms with Crippen LogP contribution in [0.1, 0.15) is 25.3 Å². The third-order valence-electron chi connectivity index (χ3n) is 2.87. The molecule has 1 aromatic carbocycles. The number of nitrogens with zero attached hydrogens (tertiary/aromatic N) is 2. The second-order valence-electron chi connectivity index (χ2n) is 4.32. The van der Waals surface area contributed by atoms with Crippen LogP contribution in [0.4, 0.5) is 0 Å². The molecular weight excluding hydrogens is 212 g/mol. The molecule has 0 aliphatic carbocycles. The molecule has 1 heterocycles. The van der Waals surface area contributed by atoms with Gasteiger partial charge in [0, 0.05) is 12.1 Å². The highest BCUT2D eigenvalue weighted by atomic mass is 16.3. The van der Waals surface area contributed by atoms with Gasteiger partial charge in [-0.25, -0.2) is 0 Å². The molecule has 0 amide bonds. The average molecular weight is 230 g/mol. The first-order valence-electron chi connectivity index (χ1n) is 6.04. The summed E-state index contributed by atoms with van der Waals surface area (Å²) in [7, 11) is 0. The number of hydrogen-bond acceptors (Lipinski definition) is 2. The molecule has 0 spiro atoms. The first kappa shape index (κ1) is 11.7. The fourth-order valence-corrected chi connectivity index (χ4v) is 1.86. The van der Waals surface area contributed by atoms with Crippen molar-refractivity contribution in [1.82, 2.24) is 9.78 Å². The second kappa shape index (κ2) is 5.04. The highest BCUT2D eigenvalue weighted by Gasteiger charge is 2.11. The fourth-order valence-electron chi connectivity index (χ4n) is 1.86. The molecule has 0 aliphatic rings. The van der Waals surface area contributed by atoms with E-state index in [4.69, 9.17) is 0 Å². The summed E-state index contributed by atoms with van der Waals surface area (Å²) in [6, 6.07) is 8.14. The second-order valence-corrected chi connectivity index (χ2v) is 4.32. The molecule has 2 rings (SSSR count). The Morgan fingerprint density at radius 1 is 1.24 bits per heavy atom. The van der Waals surface area contributed by atoms with Gasteiger partial charge in [-0.2, -0.15) is 5.10 Å². The van der Waals surface area contributed by atoms with E-state index in [1.807, 2.05) is 28.9 Å². The van der Waals surface area contributed by atoms with E-state index < -0.39 is 0 Å². The van der Waals surface area contributed by atoms with Gasteiger partial charge in [-0.05, 0) is 13.3 Å². The predicted molar refractivity (Wildman–Crippen MR) is 69.0 cm³/mol. The molecule has 0 fully saturated rings. The van der Waals surface area contributed by atoms with Crippen molar-refractivity contribution in [2.24, 2.45) is 0 Å². The summed E-state index contributed by atoms with van der Waals surface area (Å²) in [4.78, 5) is 0. The quantitative estimate of drug-likeness (QED) is 0.874. The molecule has 90 valence electrons. The lowest BCUT2D eigenvalue weighted by Crippen LogP contribution is -2.01. The minimum atomic E-state index is 0.255. The van der Waals surface area contributed by atoms with Crippen LogP contribution in [0, 0.1) is 6.92 Å². The van der Waals surface area contributed by atoms with Crippen LogP contribution in [0.2, 0.25) is 0 Å². The molecule has 0 atom stereocenters. The van der Waals surface area contributed by atoms with Gasteiger partial charge in [0.25, 0.3) is 0 Å². The van der Waals surface area contributed by atoms with Crippen LogP contribution >= 0.6 is 0 Å². The minimum absolute atomic E-state index is 0.255. The molecule has 3 heteroatoms. The van der Waals surface area contributed by atoms with Gasteiger partial charge >= 0.3 is 0 Å². The van der Waals surface area contributed by atoms with Gasteiger partial charge in [0.2, 0.25) is 0 Å². The minimum Gasteiger partial charge on any atom is -0.504 e. The van der Waals surface area contributed by atoms with E-state index in [1.54, 1.807) is 0 Å². The van der Waals surface area contributed by atoms with Crippen molar-refractivity contribution in [2.45, 2.75) is 33.2 Å². The third kappa shape index (κ3) is 2.49. The number of aromatic hydroxyl groups is 1. The number of aromatic nitrogens is 2. The Morgan fingerprint density at radius 2 is 1.94 bits per heavy atom. The summed E-state index contributed by atoms with van der Waals surface area (Å²) in [6.45, 7) is 5.05. The first-order valence-corrected chi connectivity index (χ1v) is 6.04. The summed E-state index contributed by atoms with van der Waals surface area (Å²) < 4.78 is 1.88. The number of hydrogen-bond donors (Lipinski definition) is 1. The first-order chi connectivity index (χ1) is 8.22. The number of rotatable bonds is 4. The Kier molecular flexibility index (Phi) is 3.47. The van der Waals surface area contributed by atoms with Gasteiger partial charge in [0.15, 0.2) is 5.75 Å². The lowest BCUT2D eigenvalue weighted by atomic mass is 10.1. The predicted octanol–water partition coefficient (Wildman–Crippen LogP) is 3.36. The molecule has 1 N–H and O–H groups in total. The molecule has 0 aliphatic heterocycles. The van der Waals surface area contributed by atoms with E-state index >= 15 is 0 Å². The standard InChI is InChI=1S/C14H18N2O/c1-3-4-9-16-14(13(17)10-15-16)12-7-5-11(2)6-8-12/h5-8,10,17H,3-4,9H2,1-2H3. The maximum absolute atomic E-state index is 9.87. The molecule has 0 bridgehead atoms. The molecule has 0 unspecified atom stereocenters. The molecule has 0 saturated heterocycles. The van der Waals surface area contributed by atoms with Crippen LogP contribution in [-0.4, -0.2) is 14.9 Å². The maximum Gasteiger partial charge on any atom is 0.161 e. The molecule has 17 heavy (non-hydrogen) atoms. The molecule has 3 nitrogen and oxygen atoms in total. The highest BCUT2D eigenvalue weighted by molar-refractivity contribution is 5.66. The van der Waals surface area contributed by atoms with Gasteiger partial charge in [0.1, 0.15) is 5.69 Å². The van der Waals surface area contributed by atoms with Crippen LogP contribution < -0.4 is 0 Å². The Hall–Kier alpha value is -1.77. The van der Waals surface area contributed by atoms with E-state index in [2.05, 4.69) is 18.9 Å². The van der Waals surface area contributed by atoms with Crippen molar-refractivity contribution in [3.05, 3.63) is 36.0 Å². The summed E-state index contributed by atoms with van der Waals surface area (Å²) in [5.74, 6) is 0.255. The van der Waals surface area contributed by atoms with E-state index in [-0.39, 0.29) is 5.75 Å². The Bertz CT molecular complexity index is 485. The lowest BCUT2D eigenvalue weighted by molar-refractivity contribution is 0.475. The molecular formula is C14H18N2O. The van der Waals surface area contributed by atoms with Gasteiger partial charge in [-0.3, -0.25) is 4.68 Å². The van der Waals surface area contributed by atoms with E-state index in [1.165, 1.54) is 11.8 Å². The SMILES string of the molecule is CCCCn1ncc(O)c1-c1ccc(C)cc1. The van der Waals surface area contributed by atoms with E-state index in [9.17, 15) is 5.11 Å². The van der Waals surface area contributed by atoms with Gasteiger partial charge < -0.3 is 5.11 Å². The maximum atomic E-state index is 9.87. The zero-order valence-corrected chi connectivity index (χ0v) is 10.3. The van der Waals surface area contributed by atoms with Crippen molar-refractivity contribution < 1.29 is 5.11 Å². The van der Waals surface area contributed by atoms with Crippen molar-refractivity contribution in [3.8, 4) is 17.0 Å². The van der Waals surface area contributed by atoms with Crippen LogP contribution in [0.25, 0.3) is 11.3 Å². The average Bonchev–Trinajstić information content (AvgIpc) is 2.69. The van der Waals surface area contributed by atoms with E-state index in [0.29, 0.717) is 0 Å². The molecule has 2 aromatic rings. The Balaban J connectivity index is 2.36. The largest absolute Gasteiger partial charge is 0.504 e. The lowest BCUT2D eigenvalue weighted by Gasteiger charge is -2.07. The third-order valence-corrected chi connectivity index (χ3v) is 2.87. The topological polar surface area (TPSA) is 38.0 Å². The van der Waals surface area contributed by atoms with Gasteiger partial charge in [-0.1, -0.05) is 43.2 Å². The van der Waals surface area contributed by atoms with Crippen molar-refractivity contribution in [3.63, 3.8) is 0 Å². The number of benzene rings is 1. The summed E-state index contributed by atoms with van der Waals surface area (Å²) in [5, 5.41) is 14.1. The summed E-state index contributed by atoms with van der Waals surface area (Å²) in [5.41, 5.74) is 3.05. The van der Waals surface area contributed by atoms with Gasteiger partial charge in [-0.15, -0.1) is 0 Å². The van der Waals surface area contributed by atoms with Crippen LogP contribution in [-0.2, 0) is 6.54 Å². The normalized spacial score (nSPS) is 10.7. The van der Waals surface area contributed by atoms with Crippen LogP contribution in [0.5, 0.6) is 5.75 Å². The Labute approximate surface area is 102 Å². The summed E-state index contributed by atoms with van der Waals surface area (Å²) in [6.07, 6.45) is 3.71. The monoisotopic (exact) mass is 230 g/mol. The highest BCUT2D eigenvalue weighted by Crippen LogP contribution is 2.29. The smallest absolute Gasteiger partial charge is 0.161 e. The summed E-state index contributed by atoms with van der Waals surface area (Å²) >= 11 is 0. The van der Waals surface area contributed by atoms with E-state index in [0.717, 1.165) is 30.6 Å². The molecule has 1 aromatic heterocycles. The van der Waals surface area contributed by atoms with Gasteiger partial charge in [0.05, 0.1) is 6.20 Å². The zero-order valence-electron chi connectivity index (χ0n) is 10.3. The molecule has 0 saturated carbocycles. The van der Waals surface area contributed by atoms with Crippen LogP contribution in [0.15, 0.2) is 30.5 Å². The van der Waals surface area contributed by atoms with Crippen molar-refractivity contribution in [1.29, 1.82) is 0 Å². The number of aryl methyl sites for hydroxylation is 2.